The zero-order valence-electron chi connectivity index (χ0n) is 10.3. The van der Waals surface area contributed by atoms with Crippen LogP contribution in [-0.2, 0) is 6.54 Å². The van der Waals surface area contributed by atoms with Gasteiger partial charge in [0.1, 0.15) is 6.54 Å². The lowest BCUT2D eigenvalue weighted by Crippen LogP contribution is -3.00. The van der Waals surface area contributed by atoms with Crippen LogP contribution in [0.5, 0.6) is 0 Å². The van der Waals surface area contributed by atoms with Crippen LogP contribution < -0.4 is 28.1 Å². The van der Waals surface area contributed by atoms with Gasteiger partial charge < -0.3 is 21.4 Å². The number of hydrogen-bond donors (Lipinski definition) is 2. The second-order valence-electron chi connectivity index (χ2n) is 4.17. The summed E-state index contributed by atoms with van der Waals surface area (Å²) < 4.78 is 7.32. The first-order valence-corrected chi connectivity index (χ1v) is 6.49. The zero-order chi connectivity index (χ0) is 13.4. The number of halogens is 2. The molecule has 0 aliphatic carbocycles. The number of nitrogens with one attached hydrogen (secondary N) is 1. The summed E-state index contributed by atoms with van der Waals surface area (Å²) in [5, 5.41) is 0. The van der Waals surface area contributed by atoms with E-state index in [0.29, 0.717) is 17.0 Å². The Morgan fingerprint density at radius 3 is 2.70 bits per heavy atom. The fourth-order valence-corrected chi connectivity index (χ4v) is 2.33. The van der Waals surface area contributed by atoms with E-state index in [1.807, 2.05) is 24.3 Å². The fraction of sp³-hybridized carbons (Fsp3) is 0.0769. The maximum atomic E-state index is 12.0. The number of furan rings is 1. The highest BCUT2D eigenvalue weighted by Gasteiger charge is 2.26. The first-order chi connectivity index (χ1) is 9.15. The van der Waals surface area contributed by atoms with E-state index in [-0.39, 0.29) is 28.6 Å². The van der Waals surface area contributed by atoms with Gasteiger partial charge in [0, 0.05) is 5.56 Å². The van der Waals surface area contributed by atoms with Crippen molar-refractivity contribution >= 4 is 27.7 Å². The number of nitrogens with two attached hydrogens (primary N) is 1. The number of fused-ring (bicyclic) bond motifs is 1. The minimum atomic E-state index is -0.332. The molecule has 0 saturated carbocycles. The molecule has 1 aromatic heterocycles. The Kier molecular flexibility index (Phi) is 4.29. The number of hydrazine groups is 1. The van der Waals surface area contributed by atoms with Crippen molar-refractivity contribution in [2.45, 2.75) is 6.54 Å². The molecule has 2 aromatic rings. The van der Waals surface area contributed by atoms with Gasteiger partial charge in [0.2, 0.25) is 0 Å². The number of amidine groups is 1. The van der Waals surface area contributed by atoms with Gasteiger partial charge in [-0.1, -0.05) is 18.2 Å². The normalized spacial score (nSPS) is 12.8. The predicted molar refractivity (Wildman–Crippen MR) is 72.6 cm³/mol. The van der Waals surface area contributed by atoms with Crippen LogP contribution in [0.25, 0.3) is 0 Å². The van der Waals surface area contributed by atoms with E-state index in [1.54, 1.807) is 16.8 Å². The Morgan fingerprint density at radius 1 is 1.30 bits per heavy atom. The second-order valence-corrected chi connectivity index (χ2v) is 4.95. The number of nitrogens with zero attached hydrogens (tertiary/aromatic N) is 1. The second kappa shape index (κ2) is 5.80. The van der Waals surface area contributed by atoms with Gasteiger partial charge in [0.05, 0.1) is 5.56 Å². The molecule has 0 unspecified atom stereocenters. The Morgan fingerprint density at radius 2 is 2.05 bits per heavy atom. The summed E-state index contributed by atoms with van der Waals surface area (Å²) in [6, 6.07) is 11.0. The average Bonchev–Trinajstić information content (AvgIpc) is 2.96. The molecule has 5 nitrogen and oxygen atoms in total. The Bertz CT molecular complexity index is 694. The third kappa shape index (κ3) is 2.64. The molecule has 0 radical (unpaired) electrons. The molecule has 7 heteroatoms. The van der Waals surface area contributed by atoms with E-state index in [4.69, 9.17) is 10.2 Å². The number of amides is 1. The van der Waals surface area contributed by atoms with E-state index in [9.17, 15) is 4.79 Å². The molecule has 1 aliphatic rings. The average molecular weight is 401 g/mol. The summed E-state index contributed by atoms with van der Waals surface area (Å²) in [5.74, 6) is 0.437. The quantitative estimate of drug-likeness (QED) is 0.610. The SMILES string of the molecule is NC1=[N+](NC(=O)c2ccc(Br)o2)Cc2ccccc21.[Br-]. The van der Waals surface area contributed by atoms with E-state index in [1.165, 1.54) is 0 Å². The monoisotopic (exact) mass is 399 g/mol. The van der Waals surface area contributed by atoms with Crippen LogP contribution in [-0.4, -0.2) is 16.4 Å². The summed E-state index contributed by atoms with van der Waals surface area (Å²) in [4.78, 5) is 12.0. The van der Waals surface area contributed by atoms with Gasteiger partial charge in [-0.3, -0.25) is 10.5 Å². The zero-order valence-corrected chi connectivity index (χ0v) is 13.4. The summed E-state index contributed by atoms with van der Waals surface area (Å²) in [5.41, 5.74) is 10.8. The van der Waals surface area contributed by atoms with Gasteiger partial charge in [-0.05, 0) is 34.1 Å². The molecule has 1 aliphatic heterocycles. The smallest absolute Gasteiger partial charge is 0.321 e. The lowest BCUT2D eigenvalue weighted by molar-refractivity contribution is -0.584. The Hall–Kier alpha value is -1.60. The van der Waals surface area contributed by atoms with Gasteiger partial charge in [-0.15, -0.1) is 0 Å². The maximum Gasteiger partial charge on any atom is 0.321 e. The lowest BCUT2D eigenvalue weighted by atomic mass is 10.1. The fourth-order valence-electron chi connectivity index (χ4n) is 2.02. The van der Waals surface area contributed by atoms with Crippen LogP contribution in [0.4, 0.5) is 0 Å². The van der Waals surface area contributed by atoms with Crippen molar-refractivity contribution in [3.8, 4) is 0 Å². The predicted octanol–water partition coefficient (Wildman–Crippen LogP) is -1.38. The number of hydrogen-bond acceptors (Lipinski definition) is 3. The van der Waals surface area contributed by atoms with Crippen LogP contribution in [0, 0.1) is 0 Å². The minimum absolute atomic E-state index is 0. The van der Waals surface area contributed by atoms with Crippen molar-refractivity contribution in [3.63, 3.8) is 0 Å². The molecule has 3 N–H and O–H groups in total. The van der Waals surface area contributed by atoms with Gasteiger partial charge >= 0.3 is 5.91 Å². The molecular formula is C13H11Br2N3O2. The van der Waals surface area contributed by atoms with Crippen molar-refractivity contribution in [1.82, 2.24) is 5.43 Å². The number of carbonyl (C=O) groups is 1. The Labute approximate surface area is 134 Å². The Balaban J connectivity index is 0.00000147. The summed E-state index contributed by atoms with van der Waals surface area (Å²) >= 11 is 3.16. The molecule has 20 heavy (non-hydrogen) atoms. The van der Waals surface area contributed by atoms with Crippen molar-refractivity contribution < 1.29 is 30.9 Å². The first-order valence-electron chi connectivity index (χ1n) is 5.70. The molecule has 1 aromatic carbocycles. The lowest BCUT2D eigenvalue weighted by Gasteiger charge is -2.02. The standard InChI is InChI=1S/C13H10BrN3O2.BrH/c14-11-6-5-10(19-11)13(18)16-17-7-8-3-1-2-4-9(8)12(17)15;/h1-6,15H,7H2,(H,16,18);1H. The first kappa shape index (κ1) is 14.8. The van der Waals surface area contributed by atoms with Crippen LogP contribution in [0.3, 0.4) is 0 Å². The molecule has 0 fully saturated rings. The molecule has 0 saturated heterocycles. The summed E-state index contributed by atoms with van der Waals surface area (Å²) in [6.07, 6.45) is 0. The van der Waals surface area contributed by atoms with Crippen LogP contribution in [0.15, 0.2) is 45.5 Å². The van der Waals surface area contributed by atoms with E-state index >= 15 is 0 Å². The van der Waals surface area contributed by atoms with Crippen molar-refractivity contribution in [2.24, 2.45) is 5.73 Å². The van der Waals surface area contributed by atoms with Crippen molar-refractivity contribution in [3.05, 3.63) is 58.0 Å². The highest BCUT2D eigenvalue weighted by molar-refractivity contribution is 9.10. The van der Waals surface area contributed by atoms with Gasteiger partial charge in [0.25, 0.3) is 5.84 Å². The van der Waals surface area contributed by atoms with E-state index in [2.05, 4.69) is 21.4 Å². The highest BCUT2D eigenvalue weighted by Crippen LogP contribution is 2.16. The molecule has 104 valence electrons. The van der Waals surface area contributed by atoms with Crippen molar-refractivity contribution in [1.29, 1.82) is 0 Å². The molecule has 2 heterocycles. The van der Waals surface area contributed by atoms with Crippen LogP contribution >= 0.6 is 15.9 Å². The third-order valence-corrected chi connectivity index (χ3v) is 3.37. The molecule has 3 rings (SSSR count). The minimum Gasteiger partial charge on any atom is -1.00 e. The highest BCUT2D eigenvalue weighted by atomic mass is 79.9. The van der Waals surface area contributed by atoms with Crippen molar-refractivity contribution in [2.75, 3.05) is 0 Å². The number of benzene rings is 1. The van der Waals surface area contributed by atoms with Crippen LogP contribution in [0.1, 0.15) is 21.7 Å². The van der Waals surface area contributed by atoms with Gasteiger partial charge in [0.15, 0.2) is 10.4 Å². The topological polar surface area (TPSA) is 71.3 Å². The molecule has 0 bridgehead atoms. The maximum absolute atomic E-state index is 12.0. The van der Waals surface area contributed by atoms with Gasteiger partial charge in [-0.2, -0.15) is 10.1 Å². The number of carbonyl (C=O) groups excluding carboxylic acids is 1. The van der Waals surface area contributed by atoms with E-state index < -0.39 is 0 Å². The number of hydrazone groups is 1. The third-order valence-electron chi connectivity index (χ3n) is 2.95. The molecule has 1 amide bonds. The molecule has 0 spiro atoms. The van der Waals surface area contributed by atoms with E-state index in [0.717, 1.165) is 11.1 Å². The van der Waals surface area contributed by atoms with Crippen LogP contribution in [0.2, 0.25) is 0 Å². The largest absolute Gasteiger partial charge is 1.00 e. The number of rotatable bonds is 2. The summed E-state index contributed by atoms with van der Waals surface area (Å²) in [6.45, 7) is 0.551. The van der Waals surface area contributed by atoms with Gasteiger partial charge in [-0.25, -0.2) is 0 Å². The summed E-state index contributed by atoms with van der Waals surface area (Å²) in [7, 11) is 0. The molecular weight excluding hydrogens is 390 g/mol. The molecule has 0 atom stereocenters.